The van der Waals surface area contributed by atoms with Crippen LogP contribution in [-0.2, 0) is 6.54 Å². The molecule has 2 unspecified atom stereocenters. The van der Waals surface area contributed by atoms with Crippen LogP contribution in [0.1, 0.15) is 31.4 Å². The monoisotopic (exact) mass is 471 g/mol. The Kier molecular flexibility index (Phi) is 8.11. The van der Waals surface area contributed by atoms with Crippen LogP contribution in [0.4, 0.5) is 14.5 Å². The zero-order valence-electron chi connectivity index (χ0n) is 19.1. The minimum atomic E-state index is -2.55. The number of anilines is 1. The Labute approximate surface area is 199 Å². The lowest BCUT2D eigenvalue weighted by atomic mass is 10.0. The molecule has 0 radical (unpaired) electrons. The molecule has 2 heterocycles. The number of nitrogens with zero attached hydrogens (tertiary/aromatic N) is 4. The first-order chi connectivity index (χ1) is 16.0. The Morgan fingerprint density at radius 3 is 2.36 bits per heavy atom. The molecule has 5 nitrogen and oxygen atoms in total. The Bertz CT molecular complexity index is 955. The van der Waals surface area contributed by atoms with E-state index in [2.05, 4.69) is 62.8 Å². The summed E-state index contributed by atoms with van der Waals surface area (Å²) in [7, 11) is 0. The maximum Gasteiger partial charge on any atom is 0.278 e. The van der Waals surface area contributed by atoms with Crippen molar-refractivity contribution >= 4 is 29.1 Å². The number of alkyl halides is 2. The van der Waals surface area contributed by atoms with Crippen molar-refractivity contribution in [2.45, 2.75) is 45.3 Å². The minimum absolute atomic E-state index is 0.117. The van der Waals surface area contributed by atoms with E-state index in [1.54, 1.807) is 0 Å². The lowest BCUT2D eigenvalue weighted by molar-refractivity contribution is 0.183. The summed E-state index contributed by atoms with van der Waals surface area (Å²) in [5, 5.41) is 11.2. The van der Waals surface area contributed by atoms with Crippen molar-refractivity contribution in [2.24, 2.45) is 10.2 Å². The van der Waals surface area contributed by atoms with E-state index in [1.807, 2.05) is 42.3 Å². The highest BCUT2D eigenvalue weighted by atomic mass is 32.2. The predicted molar refractivity (Wildman–Crippen MR) is 135 cm³/mol. The van der Waals surface area contributed by atoms with Crippen molar-refractivity contribution in [3.63, 3.8) is 0 Å². The van der Waals surface area contributed by atoms with Gasteiger partial charge in [-0.05, 0) is 49.1 Å². The van der Waals surface area contributed by atoms with Gasteiger partial charge in [-0.2, -0.15) is 10.2 Å². The van der Waals surface area contributed by atoms with Gasteiger partial charge in [-0.25, -0.2) is 8.78 Å². The van der Waals surface area contributed by atoms with Gasteiger partial charge < -0.3 is 9.62 Å². The van der Waals surface area contributed by atoms with Gasteiger partial charge in [0, 0.05) is 49.6 Å². The van der Waals surface area contributed by atoms with Crippen LogP contribution in [0.3, 0.4) is 0 Å². The third-order valence-corrected chi connectivity index (χ3v) is 6.86. The van der Waals surface area contributed by atoms with E-state index in [4.69, 9.17) is 0 Å². The summed E-state index contributed by atoms with van der Waals surface area (Å²) in [6.07, 6.45) is -2.43. The lowest BCUT2D eigenvalue weighted by Crippen LogP contribution is -2.54. The lowest BCUT2D eigenvalue weighted by Gasteiger charge is -2.36. The number of benzene rings is 2. The Morgan fingerprint density at radius 1 is 1.03 bits per heavy atom. The van der Waals surface area contributed by atoms with Gasteiger partial charge in [0.05, 0.1) is 12.3 Å². The van der Waals surface area contributed by atoms with Crippen LogP contribution in [0.15, 0.2) is 64.8 Å². The molecule has 2 aliphatic heterocycles. The molecule has 0 aliphatic carbocycles. The van der Waals surface area contributed by atoms with E-state index in [0.29, 0.717) is 17.8 Å². The van der Waals surface area contributed by atoms with Crippen LogP contribution in [-0.4, -0.2) is 60.2 Å². The molecule has 4 rings (SSSR count). The second-order valence-corrected chi connectivity index (χ2v) is 9.85. The summed E-state index contributed by atoms with van der Waals surface area (Å²) >= 11 is 1.84. The van der Waals surface area contributed by atoms with Crippen LogP contribution in [0.25, 0.3) is 0 Å². The Balaban J connectivity index is 1.37. The van der Waals surface area contributed by atoms with E-state index < -0.39 is 6.43 Å². The van der Waals surface area contributed by atoms with Gasteiger partial charge in [0.1, 0.15) is 5.71 Å². The van der Waals surface area contributed by atoms with Crippen LogP contribution in [0.2, 0.25) is 0 Å². The van der Waals surface area contributed by atoms with Gasteiger partial charge in [-0.3, -0.25) is 4.90 Å². The first-order valence-corrected chi connectivity index (χ1v) is 12.4. The summed E-state index contributed by atoms with van der Waals surface area (Å²) in [5.41, 5.74) is 3.62. The van der Waals surface area contributed by atoms with Crippen molar-refractivity contribution < 1.29 is 8.78 Å². The zero-order chi connectivity index (χ0) is 23.2. The van der Waals surface area contributed by atoms with E-state index in [9.17, 15) is 8.78 Å². The average molecular weight is 472 g/mol. The van der Waals surface area contributed by atoms with Crippen LogP contribution in [0.5, 0.6) is 0 Å². The molecule has 1 fully saturated rings. The van der Waals surface area contributed by atoms with E-state index in [-0.39, 0.29) is 12.1 Å². The third-order valence-electron chi connectivity index (χ3n) is 5.84. The molecule has 2 aliphatic rings. The highest BCUT2D eigenvalue weighted by Crippen LogP contribution is 2.26. The number of hydrogen-bond donors (Lipinski definition) is 1. The maximum absolute atomic E-state index is 12.8. The predicted octanol–water partition coefficient (Wildman–Crippen LogP) is 4.84. The fraction of sp³-hybridized carbons (Fsp3) is 0.440. The maximum atomic E-state index is 12.8. The van der Waals surface area contributed by atoms with E-state index in [1.165, 1.54) is 5.69 Å². The summed E-state index contributed by atoms with van der Waals surface area (Å²) in [6, 6.07) is 19.5. The van der Waals surface area contributed by atoms with Gasteiger partial charge in [0.15, 0.2) is 0 Å². The van der Waals surface area contributed by atoms with Crippen molar-refractivity contribution in [1.29, 1.82) is 0 Å². The molecule has 2 aromatic rings. The van der Waals surface area contributed by atoms with Crippen LogP contribution in [0, 0.1) is 0 Å². The third kappa shape index (κ3) is 6.62. The first-order valence-electron chi connectivity index (χ1n) is 11.4. The SMILES string of the molecule is CC1CN(CCSN(Cc2ccc(C3=NN=C(C(F)F)C3)cc2)c2ccccc2)CC(C)N1. The fourth-order valence-corrected chi connectivity index (χ4v) is 5.40. The number of hydrogen-bond acceptors (Lipinski definition) is 6. The summed E-state index contributed by atoms with van der Waals surface area (Å²) in [4.78, 5) is 2.54. The second kappa shape index (κ2) is 11.2. The van der Waals surface area contributed by atoms with Crippen molar-refractivity contribution in [1.82, 2.24) is 10.2 Å². The van der Waals surface area contributed by atoms with Crippen LogP contribution < -0.4 is 9.62 Å². The number of halogens is 2. The molecule has 2 aromatic carbocycles. The molecule has 176 valence electrons. The summed E-state index contributed by atoms with van der Waals surface area (Å²) in [5.74, 6) is 1.01. The molecule has 0 aromatic heterocycles. The molecular weight excluding hydrogens is 440 g/mol. The number of piperazine rings is 1. The smallest absolute Gasteiger partial charge is 0.278 e. The fourth-order valence-electron chi connectivity index (χ4n) is 4.32. The first kappa shape index (κ1) is 23.9. The molecule has 1 N–H and O–H groups in total. The van der Waals surface area contributed by atoms with Crippen LogP contribution >= 0.6 is 11.9 Å². The van der Waals surface area contributed by atoms with Crippen molar-refractivity contribution in [2.75, 3.05) is 29.7 Å². The number of rotatable bonds is 9. The second-order valence-electron chi connectivity index (χ2n) is 8.75. The minimum Gasteiger partial charge on any atom is -0.312 e. The quantitative estimate of drug-likeness (QED) is 0.532. The largest absolute Gasteiger partial charge is 0.312 e. The highest BCUT2D eigenvalue weighted by Gasteiger charge is 2.22. The number of para-hydroxylation sites is 1. The molecule has 0 spiro atoms. The molecule has 0 bridgehead atoms. The van der Waals surface area contributed by atoms with Crippen molar-refractivity contribution in [3.8, 4) is 0 Å². The van der Waals surface area contributed by atoms with Crippen molar-refractivity contribution in [3.05, 3.63) is 65.7 Å². The molecule has 0 saturated carbocycles. The van der Waals surface area contributed by atoms with Gasteiger partial charge in [-0.1, -0.05) is 42.5 Å². The van der Waals surface area contributed by atoms with E-state index >= 15 is 0 Å². The zero-order valence-corrected chi connectivity index (χ0v) is 19.9. The van der Waals surface area contributed by atoms with Gasteiger partial charge in [-0.15, -0.1) is 0 Å². The summed E-state index contributed by atoms with van der Waals surface area (Å²) in [6.45, 7) is 8.46. The Hall–Kier alpha value is -2.29. The molecular formula is C25H31F2N5S. The highest BCUT2D eigenvalue weighted by molar-refractivity contribution is 8.00. The normalized spacial score (nSPS) is 21.2. The van der Waals surface area contributed by atoms with E-state index in [0.717, 1.165) is 43.1 Å². The molecule has 0 amide bonds. The standard InChI is InChI=1S/C25H31F2N5S/c1-18-15-31(16-19(2)28-18)12-13-33-32(22-6-4-3-5-7-22)17-20-8-10-21(11-9-20)23-14-24(25(26)27)30-29-23/h3-11,18-19,25,28H,12-17H2,1-2H3. The number of nitrogens with one attached hydrogen (secondary N) is 1. The summed E-state index contributed by atoms with van der Waals surface area (Å²) < 4.78 is 28.0. The van der Waals surface area contributed by atoms with Gasteiger partial charge in [0.25, 0.3) is 6.43 Å². The Morgan fingerprint density at radius 2 is 1.73 bits per heavy atom. The molecule has 8 heteroatoms. The molecule has 2 atom stereocenters. The topological polar surface area (TPSA) is 43.2 Å². The average Bonchev–Trinajstić information content (AvgIpc) is 3.30. The molecule has 33 heavy (non-hydrogen) atoms. The van der Waals surface area contributed by atoms with Gasteiger partial charge in [0.2, 0.25) is 0 Å². The van der Waals surface area contributed by atoms with Gasteiger partial charge >= 0.3 is 0 Å². The molecule has 1 saturated heterocycles.